The summed E-state index contributed by atoms with van der Waals surface area (Å²) in [5, 5.41) is 2.10. The van der Waals surface area contributed by atoms with Crippen molar-refractivity contribution >= 4 is 46.1 Å². The van der Waals surface area contributed by atoms with Gasteiger partial charge in [0.1, 0.15) is 5.75 Å². The number of ether oxygens (including phenoxy) is 1. The van der Waals surface area contributed by atoms with E-state index in [1.807, 2.05) is 53.1 Å². The number of benzene rings is 2. The molecule has 0 aliphatic carbocycles. The lowest BCUT2D eigenvalue weighted by Crippen LogP contribution is -2.24. The van der Waals surface area contributed by atoms with Gasteiger partial charge >= 0.3 is 6.18 Å². The van der Waals surface area contributed by atoms with Gasteiger partial charge in [0.15, 0.2) is 11.0 Å². The standard InChI is InChI=1S/C23H18ClF3N4O2S/c1-13(21(32)30-20-17(24)11-14(12-28-20)23(25,26)27)34-22-29-18-5-3-4-6-19(18)31(22)15-7-9-16(33-2)10-8-15/h3-13H,1-2H3,(H,28,30,32). The minimum Gasteiger partial charge on any atom is -0.497 e. The molecule has 4 rings (SSSR count). The Bertz CT molecular complexity index is 1340. The number of halogens is 4. The smallest absolute Gasteiger partial charge is 0.417 e. The summed E-state index contributed by atoms with van der Waals surface area (Å²) in [7, 11) is 1.58. The van der Waals surface area contributed by atoms with Gasteiger partial charge in [-0.2, -0.15) is 13.2 Å². The maximum atomic E-state index is 12.8. The molecule has 6 nitrogen and oxygen atoms in total. The molecule has 4 aromatic rings. The van der Waals surface area contributed by atoms with Crippen LogP contribution in [0.25, 0.3) is 16.7 Å². The molecule has 2 aromatic heterocycles. The van der Waals surface area contributed by atoms with Crippen molar-refractivity contribution < 1.29 is 22.7 Å². The first kappa shape index (κ1) is 23.9. The average Bonchev–Trinajstić information content (AvgIpc) is 3.17. The number of aromatic nitrogens is 3. The molecule has 2 heterocycles. The van der Waals surface area contributed by atoms with Gasteiger partial charge in [0, 0.05) is 11.9 Å². The van der Waals surface area contributed by atoms with E-state index in [0.29, 0.717) is 17.1 Å². The van der Waals surface area contributed by atoms with Gasteiger partial charge in [-0.1, -0.05) is 35.5 Å². The van der Waals surface area contributed by atoms with Crippen molar-refractivity contribution in [3.8, 4) is 11.4 Å². The summed E-state index contributed by atoms with van der Waals surface area (Å²) in [5.74, 6) is 0.0827. The first-order chi connectivity index (χ1) is 16.2. The average molecular weight is 507 g/mol. The monoisotopic (exact) mass is 506 g/mol. The van der Waals surface area contributed by atoms with Crippen LogP contribution in [-0.4, -0.2) is 32.8 Å². The second-order valence-electron chi connectivity index (χ2n) is 7.22. The Balaban J connectivity index is 1.59. The summed E-state index contributed by atoms with van der Waals surface area (Å²) >= 11 is 7.12. The summed E-state index contributed by atoms with van der Waals surface area (Å²) in [5.41, 5.74) is 1.44. The Morgan fingerprint density at radius 1 is 1.18 bits per heavy atom. The van der Waals surface area contributed by atoms with Crippen LogP contribution in [0.2, 0.25) is 5.02 Å². The van der Waals surface area contributed by atoms with Crippen molar-refractivity contribution in [2.45, 2.75) is 23.5 Å². The molecule has 0 fully saturated rings. The highest BCUT2D eigenvalue weighted by Crippen LogP contribution is 2.34. The van der Waals surface area contributed by atoms with Crippen LogP contribution in [0.3, 0.4) is 0 Å². The van der Waals surface area contributed by atoms with E-state index in [0.717, 1.165) is 22.8 Å². The molecule has 176 valence electrons. The lowest BCUT2D eigenvalue weighted by Gasteiger charge is -2.15. The van der Waals surface area contributed by atoms with E-state index >= 15 is 0 Å². The van der Waals surface area contributed by atoms with Crippen LogP contribution in [0.5, 0.6) is 5.75 Å². The number of hydrogen-bond donors (Lipinski definition) is 1. The first-order valence-electron chi connectivity index (χ1n) is 9.99. The van der Waals surface area contributed by atoms with Gasteiger partial charge in [0.25, 0.3) is 0 Å². The summed E-state index contributed by atoms with van der Waals surface area (Å²) in [6, 6.07) is 15.7. The highest BCUT2D eigenvalue weighted by atomic mass is 35.5. The zero-order valence-electron chi connectivity index (χ0n) is 17.9. The molecule has 0 saturated heterocycles. The number of thioether (sulfide) groups is 1. The summed E-state index contributed by atoms with van der Waals surface area (Å²) in [6.07, 6.45) is -3.95. The van der Waals surface area contributed by atoms with Crippen LogP contribution in [0.1, 0.15) is 12.5 Å². The van der Waals surface area contributed by atoms with E-state index < -0.39 is 22.9 Å². The predicted octanol–water partition coefficient (Wildman–Crippen LogP) is 6.22. The Morgan fingerprint density at radius 2 is 1.88 bits per heavy atom. The maximum absolute atomic E-state index is 12.8. The van der Waals surface area contributed by atoms with E-state index in [1.54, 1.807) is 14.0 Å². The van der Waals surface area contributed by atoms with Crippen molar-refractivity contribution in [2.75, 3.05) is 12.4 Å². The fourth-order valence-electron chi connectivity index (χ4n) is 3.18. The van der Waals surface area contributed by atoms with Crippen LogP contribution in [-0.2, 0) is 11.0 Å². The Labute approximate surface area is 202 Å². The molecule has 1 atom stereocenters. The highest BCUT2D eigenvalue weighted by Gasteiger charge is 2.32. The molecule has 0 spiro atoms. The fraction of sp³-hybridized carbons (Fsp3) is 0.174. The van der Waals surface area contributed by atoms with Crippen molar-refractivity contribution in [1.29, 1.82) is 0 Å². The Hall–Kier alpha value is -3.24. The molecule has 0 aliphatic rings. The number of amides is 1. The number of nitrogens with one attached hydrogen (secondary N) is 1. The number of hydrogen-bond acceptors (Lipinski definition) is 5. The quantitative estimate of drug-likeness (QED) is 0.314. The van der Waals surface area contributed by atoms with Crippen LogP contribution in [0, 0.1) is 0 Å². The van der Waals surface area contributed by atoms with Crippen molar-refractivity contribution in [1.82, 2.24) is 14.5 Å². The molecule has 0 radical (unpaired) electrons. The molecular formula is C23H18ClF3N4O2S. The van der Waals surface area contributed by atoms with Crippen LogP contribution in [0.15, 0.2) is 66.0 Å². The van der Waals surface area contributed by atoms with Crippen molar-refractivity contribution in [3.63, 3.8) is 0 Å². The molecule has 1 amide bonds. The second kappa shape index (κ2) is 9.55. The van der Waals surface area contributed by atoms with E-state index in [1.165, 1.54) is 11.8 Å². The summed E-state index contributed by atoms with van der Waals surface area (Å²) in [4.78, 5) is 21.1. The van der Waals surface area contributed by atoms with E-state index in [2.05, 4.69) is 15.3 Å². The van der Waals surface area contributed by atoms with E-state index in [9.17, 15) is 18.0 Å². The summed E-state index contributed by atoms with van der Waals surface area (Å²) < 4.78 is 45.7. The van der Waals surface area contributed by atoms with Crippen LogP contribution in [0.4, 0.5) is 19.0 Å². The molecule has 1 unspecified atom stereocenters. The second-order valence-corrected chi connectivity index (χ2v) is 8.93. The first-order valence-corrected chi connectivity index (χ1v) is 11.3. The number of anilines is 1. The lowest BCUT2D eigenvalue weighted by molar-refractivity contribution is -0.137. The number of fused-ring (bicyclic) bond motifs is 1. The van der Waals surface area contributed by atoms with Crippen LogP contribution >= 0.6 is 23.4 Å². The van der Waals surface area contributed by atoms with Gasteiger partial charge in [0.05, 0.1) is 34.0 Å². The molecule has 0 aliphatic heterocycles. The number of imidazole rings is 1. The largest absolute Gasteiger partial charge is 0.497 e. The lowest BCUT2D eigenvalue weighted by atomic mass is 10.2. The fourth-order valence-corrected chi connectivity index (χ4v) is 4.33. The molecule has 1 N–H and O–H groups in total. The van der Waals surface area contributed by atoms with Crippen LogP contribution < -0.4 is 10.1 Å². The van der Waals surface area contributed by atoms with Gasteiger partial charge in [-0.25, -0.2) is 9.97 Å². The topological polar surface area (TPSA) is 69.0 Å². The molecule has 11 heteroatoms. The molecule has 0 saturated carbocycles. The third kappa shape index (κ3) is 4.97. The number of pyridine rings is 1. The predicted molar refractivity (Wildman–Crippen MR) is 126 cm³/mol. The van der Waals surface area contributed by atoms with Gasteiger partial charge in [-0.3, -0.25) is 9.36 Å². The SMILES string of the molecule is COc1ccc(-n2c(SC(C)C(=O)Nc3ncc(C(F)(F)F)cc3Cl)nc3ccccc32)cc1. The number of carbonyl (C=O) groups excluding carboxylic acids is 1. The van der Waals surface area contributed by atoms with Crippen molar-refractivity contribution in [2.24, 2.45) is 0 Å². The molecule has 0 bridgehead atoms. The minimum absolute atomic E-state index is 0.143. The number of alkyl halides is 3. The zero-order valence-corrected chi connectivity index (χ0v) is 19.5. The molecular weight excluding hydrogens is 489 g/mol. The van der Waals surface area contributed by atoms with Crippen molar-refractivity contribution in [3.05, 3.63) is 71.4 Å². The number of rotatable bonds is 6. The number of methoxy groups -OCH3 is 1. The highest BCUT2D eigenvalue weighted by molar-refractivity contribution is 8.00. The number of para-hydroxylation sites is 2. The van der Waals surface area contributed by atoms with E-state index in [4.69, 9.17) is 16.3 Å². The summed E-state index contributed by atoms with van der Waals surface area (Å²) in [6.45, 7) is 1.66. The van der Waals surface area contributed by atoms with Gasteiger partial charge in [0.2, 0.25) is 5.91 Å². The Kier molecular flexibility index (Phi) is 6.72. The molecule has 34 heavy (non-hydrogen) atoms. The third-order valence-electron chi connectivity index (χ3n) is 4.92. The third-order valence-corrected chi connectivity index (χ3v) is 6.26. The van der Waals surface area contributed by atoms with Gasteiger partial charge in [-0.15, -0.1) is 0 Å². The van der Waals surface area contributed by atoms with Gasteiger partial charge in [-0.05, 0) is 49.4 Å². The zero-order chi connectivity index (χ0) is 24.5. The maximum Gasteiger partial charge on any atom is 0.417 e. The number of carbonyl (C=O) groups is 1. The van der Waals surface area contributed by atoms with Gasteiger partial charge < -0.3 is 10.1 Å². The number of nitrogens with zero attached hydrogens (tertiary/aromatic N) is 3. The normalized spacial score (nSPS) is 12.5. The van der Waals surface area contributed by atoms with E-state index in [-0.39, 0.29) is 10.8 Å². The molecule has 2 aromatic carbocycles. The minimum atomic E-state index is -4.58. The Morgan fingerprint density at radius 3 is 2.53 bits per heavy atom.